The lowest BCUT2D eigenvalue weighted by molar-refractivity contribution is -0.159. The van der Waals surface area contributed by atoms with Gasteiger partial charge in [0.1, 0.15) is 6.54 Å². The molecule has 0 saturated heterocycles. The topological polar surface area (TPSA) is 73.0 Å². The number of alkyl halides is 3. The average molecular weight is 352 g/mol. The monoisotopic (exact) mass is 352 g/mol. The Balaban J connectivity index is 1.97. The molecule has 0 unspecified atom stereocenters. The first-order chi connectivity index (χ1) is 11.8. The second kappa shape index (κ2) is 6.23. The van der Waals surface area contributed by atoms with Crippen LogP contribution in [0.1, 0.15) is 18.4 Å². The fraction of sp³-hybridized carbons (Fsp3) is 0.312. The smallest absolute Gasteiger partial charge is 0.355 e. The molecule has 0 aliphatic rings. The van der Waals surface area contributed by atoms with E-state index in [0.29, 0.717) is 12.1 Å². The van der Waals surface area contributed by atoms with Crippen LogP contribution in [0, 0.1) is 6.92 Å². The van der Waals surface area contributed by atoms with Crippen molar-refractivity contribution in [2.45, 2.75) is 26.6 Å². The highest BCUT2D eigenvalue weighted by Crippen LogP contribution is 2.31. The number of carbonyl (C=O) groups is 1. The number of nitrogens with one attached hydrogen (secondary N) is 1. The van der Waals surface area contributed by atoms with E-state index in [4.69, 9.17) is 0 Å². The van der Waals surface area contributed by atoms with Crippen molar-refractivity contribution in [3.05, 3.63) is 35.9 Å². The molecule has 3 aromatic rings. The molecule has 0 atom stereocenters. The molecule has 6 nitrogen and oxygen atoms in total. The summed E-state index contributed by atoms with van der Waals surface area (Å²) in [6.45, 7) is 4.40. The molecular weight excluding hydrogens is 337 g/mol. The molecule has 0 fully saturated rings. The Kier molecular flexibility index (Phi) is 4.23. The minimum absolute atomic E-state index is 0.114. The van der Waals surface area contributed by atoms with E-state index in [0.717, 1.165) is 16.5 Å². The second-order valence-corrected chi connectivity index (χ2v) is 5.55. The van der Waals surface area contributed by atoms with Crippen LogP contribution >= 0.6 is 0 Å². The first-order valence-electron chi connectivity index (χ1n) is 7.57. The normalized spacial score (nSPS) is 11.9. The van der Waals surface area contributed by atoms with Crippen molar-refractivity contribution in [3.63, 3.8) is 0 Å². The summed E-state index contributed by atoms with van der Waals surface area (Å²) in [5.74, 6) is -1.63. The summed E-state index contributed by atoms with van der Waals surface area (Å²) >= 11 is 0. The molecule has 1 aromatic carbocycles. The fourth-order valence-corrected chi connectivity index (χ4v) is 2.61. The minimum atomic E-state index is -4.68. The summed E-state index contributed by atoms with van der Waals surface area (Å²) in [5.41, 5.74) is 2.10. The molecule has 0 aliphatic heterocycles. The lowest BCUT2D eigenvalue weighted by Crippen LogP contribution is -2.26. The molecule has 9 heteroatoms. The molecule has 0 spiro atoms. The Morgan fingerprint density at radius 1 is 1.36 bits per heavy atom. The molecule has 1 N–H and O–H groups in total. The number of hydrogen-bond acceptors (Lipinski definition) is 4. The van der Waals surface area contributed by atoms with E-state index in [1.165, 1.54) is 0 Å². The van der Waals surface area contributed by atoms with Gasteiger partial charge in [-0.2, -0.15) is 18.2 Å². The van der Waals surface area contributed by atoms with Gasteiger partial charge in [0.05, 0.1) is 0 Å². The number of halogens is 3. The standard InChI is InChI=1S/C16H15F3N4O2/c1-3-20-13(24)8-23-7-9(2)11-6-10(4-5-12(11)23)14-21-15(25-22-14)16(17,18)19/h4-7H,3,8H2,1-2H3,(H,20,24). The first-order valence-corrected chi connectivity index (χ1v) is 7.57. The van der Waals surface area contributed by atoms with Crippen molar-refractivity contribution in [1.29, 1.82) is 0 Å². The van der Waals surface area contributed by atoms with Gasteiger partial charge < -0.3 is 14.4 Å². The van der Waals surface area contributed by atoms with Crippen LogP contribution in [0.25, 0.3) is 22.3 Å². The number of amides is 1. The van der Waals surface area contributed by atoms with Gasteiger partial charge in [-0.25, -0.2) is 0 Å². The van der Waals surface area contributed by atoms with E-state index in [-0.39, 0.29) is 18.3 Å². The number of aryl methyl sites for hydroxylation is 1. The molecule has 132 valence electrons. The fourth-order valence-electron chi connectivity index (χ4n) is 2.61. The van der Waals surface area contributed by atoms with Gasteiger partial charge in [-0.05, 0) is 37.6 Å². The molecule has 1 amide bonds. The number of carbonyl (C=O) groups excluding carboxylic acids is 1. The lowest BCUT2D eigenvalue weighted by atomic mass is 10.1. The Bertz CT molecular complexity index is 927. The zero-order valence-electron chi connectivity index (χ0n) is 13.5. The predicted octanol–water partition coefficient (Wildman–Crippen LogP) is 3.15. The van der Waals surface area contributed by atoms with Crippen molar-refractivity contribution in [2.24, 2.45) is 0 Å². The third kappa shape index (κ3) is 3.35. The van der Waals surface area contributed by atoms with E-state index in [9.17, 15) is 18.0 Å². The maximum atomic E-state index is 12.6. The van der Waals surface area contributed by atoms with E-state index in [2.05, 4.69) is 20.0 Å². The van der Waals surface area contributed by atoms with E-state index < -0.39 is 12.1 Å². The average Bonchev–Trinajstić information content (AvgIpc) is 3.13. The van der Waals surface area contributed by atoms with Crippen LogP contribution in [0.2, 0.25) is 0 Å². The Morgan fingerprint density at radius 3 is 2.76 bits per heavy atom. The summed E-state index contributed by atoms with van der Waals surface area (Å²) < 4.78 is 43.8. The Labute approximate surface area is 140 Å². The van der Waals surface area contributed by atoms with Gasteiger partial charge in [-0.3, -0.25) is 4.79 Å². The number of fused-ring (bicyclic) bond motifs is 1. The largest absolute Gasteiger partial charge is 0.471 e. The number of benzene rings is 1. The van der Waals surface area contributed by atoms with Crippen molar-refractivity contribution >= 4 is 16.8 Å². The molecule has 3 rings (SSSR count). The zero-order chi connectivity index (χ0) is 18.2. The molecule has 0 bridgehead atoms. The quantitative estimate of drug-likeness (QED) is 0.783. The summed E-state index contributed by atoms with van der Waals surface area (Å²) in [6.07, 6.45) is -2.86. The van der Waals surface area contributed by atoms with Crippen LogP contribution < -0.4 is 5.32 Å². The first kappa shape index (κ1) is 17.0. The van der Waals surface area contributed by atoms with E-state index in [1.807, 2.05) is 20.0 Å². The van der Waals surface area contributed by atoms with Crippen LogP contribution in [-0.2, 0) is 17.5 Å². The zero-order valence-corrected chi connectivity index (χ0v) is 13.5. The third-order valence-electron chi connectivity index (χ3n) is 3.69. The van der Waals surface area contributed by atoms with Crippen molar-refractivity contribution in [3.8, 4) is 11.4 Å². The van der Waals surface area contributed by atoms with Gasteiger partial charge in [0.15, 0.2) is 0 Å². The van der Waals surface area contributed by atoms with Crippen LogP contribution in [0.15, 0.2) is 28.9 Å². The Hall–Kier alpha value is -2.84. The molecular formula is C16H15F3N4O2. The number of aromatic nitrogens is 3. The Morgan fingerprint density at radius 2 is 2.12 bits per heavy atom. The molecule has 0 saturated carbocycles. The van der Waals surface area contributed by atoms with Gasteiger partial charge in [-0.1, -0.05) is 5.16 Å². The van der Waals surface area contributed by atoms with Gasteiger partial charge in [0.25, 0.3) is 0 Å². The van der Waals surface area contributed by atoms with Gasteiger partial charge in [0.2, 0.25) is 11.7 Å². The van der Waals surface area contributed by atoms with Gasteiger partial charge in [0, 0.05) is 29.2 Å². The number of rotatable bonds is 4. The highest BCUT2D eigenvalue weighted by atomic mass is 19.4. The maximum Gasteiger partial charge on any atom is 0.471 e. The van der Waals surface area contributed by atoms with Crippen molar-refractivity contribution < 1.29 is 22.5 Å². The molecule has 0 radical (unpaired) electrons. The molecule has 0 aliphatic carbocycles. The predicted molar refractivity (Wildman–Crippen MR) is 83.7 cm³/mol. The summed E-state index contributed by atoms with van der Waals surface area (Å²) in [7, 11) is 0. The maximum absolute atomic E-state index is 12.6. The van der Waals surface area contributed by atoms with Crippen LogP contribution in [-0.4, -0.2) is 27.2 Å². The summed E-state index contributed by atoms with van der Waals surface area (Å²) in [5, 5.41) is 6.92. The number of nitrogens with zero attached hydrogens (tertiary/aromatic N) is 3. The van der Waals surface area contributed by atoms with Gasteiger partial charge >= 0.3 is 12.1 Å². The lowest BCUT2D eigenvalue weighted by Gasteiger charge is -2.05. The minimum Gasteiger partial charge on any atom is -0.355 e. The van der Waals surface area contributed by atoms with Crippen molar-refractivity contribution in [2.75, 3.05) is 6.54 Å². The summed E-state index contributed by atoms with van der Waals surface area (Å²) in [4.78, 5) is 15.2. The van der Waals surface area contributed by atoms with Crippen LogP contribution in [0.4, 0.5) is 13.2 Å². The third-order valence-corrected chi connectivity index (χ3v) is 3.69. The summed E-state index contributed by atoms with van der Waals surface area (Å²) in [6, 6.07) is 5.01. The highest BCUT2D eigenvalue weighted by molar-refractivity contribution is 5.89. The molecule has 2 heterocycles. The molecule has 25 heavy (non-hydrogen) atoms. The number of hydrogen-bond donors (Lipinski definition) is 1. The van der Waals surface area contributed by atoms with E-state index in [1.54, 1.807) is 22.8 Å². The van der Waals surface area contributed by atoms with Gasteiger partial charge in [-0.15, -0.1) is 0 Å². The van der Waals surface area contributed by atoms with E-state index >= 15 is 0 Å². The second-order valence-electron chi connectivity index (χ2n) is 5.55. The number of likely N-dealkylation sites (N-methyl/N-ethyl adjacent to an activating group) is 1. The molecule has 2 aromatic heterocycles. The SMILES string of the molecule is CCNC(=O)Cn1cc(C)c2cc(-c3noc(C(F)(F)F)n3)ccc21. The highest BCUT2D eigenvalue weighted by Gasteiger charge is 2.38. The van der Waals surface area contributed by atoms with Crippen LogP contribution in [0.3, 0.4) is 0 Å². The van der Waals surface area contributed by atoms with Crippen molar-refractivity contribution in [1.82, 2.24) is 20.0 Å². The van der Waals surface area contributed by atoms with Crippen LogP contribution in [0.5, 0.6) is 0 Å².